The maximum Gasteiger partial charge on any atom is 0.232 e. The van der Waals surface area contributed by atoms with Gasteiger partial charge in [-0.15, -0.1) is 0 Å². The van der Waals surface area contributed by atoms with Crippen molar-refractivity contribution in [2.75, 3.05) is 43.1 Å². The largest absolute Gasteiger partial charge is 0.356 e. The molecule has 3 heterocycles. The fraction of sp³-hybridized carbons (Fsp3) is 0.478. The van der Waals surface area contributed by atoms with E-state index in [-0.39, 0.29) is 5.41 Å². The number of fused-ring (bicyclic) bond motifs is 1. The molecule has 2 fully saturated rings. The number of nitrogens with zero attached hydrogens (tertiary/aromatic N) is 3. The zero-order valence-electron chi connectivity index (χ0n) is 16.8. The van der Waals surface area contributed by atoms with E-state index in [2.05, 4.69) is 52.3 Å². The first-order chi connectivity index (χ1) is 13.6. The van der Waals surface area contributed by atoms with Gasteiger partial charge in [-0.3, -0.25) is 4.79 Å². The van der Waals surface area contributed by atoms with E-state index in [4.69, 9.17) is 4.98 Å². The summed E-state index contributed by atoms with van der Waals surface area (Å²) in [5, 5.41) is 0. The van der Waals surface area contributed by atoms with Crippen molar-refractivity contribution in [3.05, 3.63) is 59.8 Å². The van der Waals surface area contributed by atoms with Crippen molar-refractivity contribution < 1.29 is 4.79 Å². The van der Waals surface area contributed by atoms with Crippen molar-refractivity contribution in [1.82, 2.24) is 9.88 Å². The molecule has 0 spiro atoms. The van der Waals surface area contributed by atoms with Crippen LogP contribution >= 0.6 is 11.8 Å². The van der Waals surface area contributed by atoms with Gasteiger partial charge in [0, 0.05) is 43.2 Å². The van der Waals surface area contributed by atoms with E-state index in [0.717, 1.165) is 50.5 Å². The number of carbonyl (C=O) groups excluding carboxylic acids is 1. The van der Waals surface area contributed by atoms with Crippen LogP contribution in [0, 0.1) is 18.3 Å². The first-order valence-electron chi connectivity index (χ1n) is 10.1. The average molecular weight is 396 g/mol. The standard InChI is InChI=1S/C23H29N3OS/c1-18-7-6-10-21(24-18)25-13-20-14-26(22(27)15-28-2)17-23(20,16-25)12-11-19-8-4-3-5-9-19/h3-10,20H,11-17H2,1-2H3. The van der Waals surface area contributed by atoms with Crippen LogP contribution in [0.4, 0.5) is 5.82 Å². The van der Waals surface area contributed by atoms with Crippen molar-refractivity contribution in [3.8, 4) is 0 Å². The highest BCUT2D eigenvalue weighted by molar-refractivity contribution is 7.99. The number of carbonyl (C=O) groups is 1. The molecular weight excluding hydrogens is 366 g/mol. The second-order valence-electron chi connectivity index (χ2n) is 8.27. The second kappa shape index (κ2) is 8.16. The van der Waals surface area contributed by atoms with Crippen LogP contribution in [-0.4, -0.2) is 54.0 Å². The minimum Gasteiger partial charge on any atom is -0.356 e. The Morgan fingerprint density at radius 1 is 1.14 bits per heavy atom. The van der Waals surface area contributed by atoms with Gasteiger partial charge in [0.2, 0.25) is 5.91 Å². The lowest BCUT2D eigenvalue weighted by Gasteiger charge is -2.30. The number of thioether (sulfide) groups is 1. The summed E-state index contributed by atoms with van der Waals surface area (Å²) in [5.74, 6) is 2.48. The highest BCUT2D eigenvalue weighted by atomic mass is 32.2. The lowest BCUT2D eigenvalue weighted by atomic mass is 9.76. The predicted octanol–water partition coefficient (Wildman–Crippen LogP) is 3.65. The van der Waals surface area contributed by atoms with Gasteiger partial charge in [0.05, 0.1) is 5.75 Å². The molecule has 0 bridgehead atoms. The molecule has 0 radical (unpaired) electrons. The number of rotatable bonds is 6. The Bertz CT molecular complexity index is 828. The van der Waals surface area contributed by atoms with Crippen LogP contribution in [-0.2, 0) is 11.2 Å². The third-order valence-corrected chi connectivity index (χ3v) is 6.87. The van der Waals surface area contributed by atoms with Gasteiger partial charge in [-0.2, -0.15) is 11.8 Å². The molecule has 2 aliphatic rings. The molecule has 0 saturated carbocycles. The van der Waals surface area contributed by atoms with Gasteiger partial charge in [0.1, 0.15) is 5.82 Å². The molecule has 1 aromatic heterocycles. The van der Waals surface area contributed by atoms with Gasteiger partial charge < -0.3 is 9.80 Å². The van der Waals surface area contributed by atoms with Crippen LogP contribution in [0.2, 0.25) is 0 Å². The Morgan fingerprint density at radius 2 is 1.96 bits per heavy atom. The van der Waals surface area contributed by atoms with E-state index in [1.165, 1.54) is 5.56 Å². The number of amides is 1. The minimum atomic E-state index is 0.162. The molecular formula is C23H29N3OS. The number of aryl methyl sites for hydroxylation is 2. The SMILES string of the molecule is CSCC(=O)N1CC2CN(c3cccc(C)n3)CC2(CCc2ccccc2)C1. The van der Waals surface area contributed by atoms with Gasteiger partial charge in [0.25, 0.3) is 0 Å². The fourth-order valence-corrected chi connectivity index (χ4v) is 5.29. The van der Waals surface area contributed by atoms with Crippen LogP contribution < -0.4 is 4.90 Å². The van der Waals surface area contributed by atoms with Gasteiger partial charge in [-0.05, 0) is 43.7 Å². The summed E-state index contributed by atoms with van der Waals surface area (Å²) in [4.78, 5) is 21.9. The van der Waals surface area contributed by atoms with Crippen molar-refractivity contribution in [3.63, 3.8) is 0 Å². The van der Waals surface area contributed by atoms with E-state index in [1.807, 2.05) is 19.2 Å². The summed E-state index contributed by atoms with van der Waals surface area (Å²) in [6, 6.07) is 17.0. The molecule has 0 aliphatic carbocycles. The van der Waals surface area contributed by atoms with Crippen molar-refractivity contribution in [1.29, 1.82) is 0 Å². The molecule has 4 rings (SSSR count). The van der Waals surface area contributed by atoms with Crippen molar-refractivity contribution in [2.45, 2.75) is 19.8 Å². The first-order valence-corrected chi connectivity index (χ1v) is 11.5. The first kappa shape index (κ1) is 19.3. The number of benzene rings is 1. The second-order valence-corrected chi connectivity index (χ2v) is 9.14. The summed E-state index contributed by atoms with van der Waals surface area (Å²) < 4.78 is 0. The third-order valence-electron chi connectivity index (χ3n) is 6.33. The molecule has 1 amide bonds. The molecule has 4 nitrogen and oxygen atoms in total. The molecule has 2 aliphatic heterocycles. The number of aromatic nitrogens is 1. The average Bonchev–Trinajstić information content (AvgIpc) is 3.22. The quantitative estimate of drug-likeness (QED) is 0.748. The van der Waals surface area contributed by atoms with Crippen LogP contribution in [0.15, 0.2) is 48.5 Å². The van der Waals surface area contributed by atoms with Crippen molar-refractivity contribution >= 4 is 23.5 Å². The Balaban J connectivity index is 1.54. The van der Waals surface area contributed by atoms with E-state index in [9.17, 15) is 4.79 Å². The van der Waals surface area contributed by atoms with Crippen LogP contribution in [0.5, 0.6) is 0 Å². The van der Waals surface area contributed by atoms with Gasteiger partial charge in [0.15, 0.2) is 0 Å². The van der Waals surface area contributed by atoms with Crippen LogP contribution in [0.1, 0.15) is 17.7 Å². The van der Waals surface area contributed by atoms with Crippen LogP contribution in [0.3, 0.4) is 0 Å². The zero-order chi connectivity index (χ0) is 19.6. The normalized spacial score (nSPS) is 23.9. The van der Waals surface area contributed by atoms with E-state index in [1.54, 1.807) is 11.8 Å². The molecule has 2 atom stereocenters. The summed E-state index contributed by atoms with van der Waals surface area (Å²) in [6.07, 6.45) is 4.19. The summed E-state index contributed by atoms with van der Waals surface area (Å²) in [5.41, 5.74) is 2.61. The van der Waals surface area contributed by atoms with E-state index < -0.39 is 0 Å². The van der Waals surface area contributed by atoms with E-state index >= 15 is 0 Å². The summed E-state index contributed by atoms with van der Waals surface area (Å²) in [7, 11) is 0. The van der Waals surface area contributed by atoms with Gasteiger partial charge in [-0.25, -0.2) is 4.98 Å². The molecule has 148 valence electrons. The highest BCUT2D eigenvalue weighted by Crippen LogP contribution is 2.46. The van der Waals surface area contributed by atoms with E-state index in [0.29, 0.717) is 17.6 Å². The Kier molecular flexibility index (Phi) is 5.63. The molecule has 28 heavy (non-hydrogen) atoms. The lowest BCUT2D eigenvalue weighted by Crippen LogP contribution is -2.38. The number of anilines is 1. The lowest BCUT2D eigenvalue weighted by molar-refractivity contribution is -0.127. The number of pyridine rings is 1. The third kappa shape index (κ3) is 3.90. The fourth-order valence-electron chi connectivity index (χ4n) is 4.86. The van der Waals surface area contributed by atoms with Crippen LogP contribution in [0.25, 0.3) is 0 Å². The molecule has 0 N–H and O–H groups in total. The maximum absolute atomic E-state index is 12.6. The molecule has 2 aromatic rings. The summed E-state index contributed by atoms with van der Waals surface area (Å²) >= 11 is 1.62. The Morgan fingerprint density at radius 3 is 2.71 bits per heavy atom. The smallest absolute Gasteiger partial charge is 0.232 e. The number of likely N-dealkylation sites (tertiary alicyclic amines) is 1. The van der Waals surface area contributed by atoms with Gasteiger partial charge in [-0.1, -0.05) is 36.4 Å². The molecule has 2 unspecified atom stereocenters. The number of hydrogen-bond donors (Lipinski definition) is 0. The number of hydrogen-bond acceptors (Lipinski definition) is 4. The summed E-state index contributed by atoms with van der Waals surface area (Å²) in [6.45, 7) is 5.80. The monoisotopic (exact) mass is 395 g/mol. The highest BCUT2D eigenvalue weighted by Gasteiger charge is 2.53. The molecule has 5 heteroatoms. The maximum atomic E-state index is 12.6. The molecule has 2 saturated heterocycles. The minimum absolute atomic E-state index is 0.162. The zero-order valence-corrected chi connectivity index (χ0v) is 17.6. The van der Waals surface area contributed by atoms with Gasteiger partial charge >= 0.3 is 0 Å². The molecule has 1 aromatic carbocycles. The Labute approximate surface area is 172 Å². The predicted molar refractivity (Wildman–Crippen MR) is 117 cm³/mol. The topological polar surface area (TPSA) is 36.4 Å². The van der Waals surface area contributed by atoms with Crippen molar-refractivity contribution in [2.24, 2.45) is 11.3 Å². The Hall–Kier alpha value is -2.01.